The second-order valence-corrected chi connectivity index (χ2v) is 30.2. The Kier molecular flexibility index (Phi) is 14.1. The SMILES string of the molecule is C=C(OCC)c1c([C@@H]2C[C@H]3CC[C@@H](C2)N3C(=O)OC(C)(C)C)nc2c(-c3ccc(C(O)C(F)(F)F)nc3)cnn2c1N(COCC[Si](C)(C)C)COCC[Si](C)(C)C. The van der Waals surface area contributed by atoms with E-state index in [2.05, 4.69) is 50.8 Å². The highest BCUT2D eigenvalue weighted by molar-refractivity contribution is 6.76. The minimum absolute atomic E-state index is 0.0691. The number of carbonyl (C=O) groups is 1. The molecule has 1 amide bonds. The van der Waals surface area contributed by atoms with Crippen LogP contribution in [0, 0.1) is 0 Å². The fourth-order valence-electron chi connectivity index (χ4n) is 7.47. The average Bonchev–Trinajstić information content (AvgIpc) is 3.65. The van der Waals surface area contributed by atoms with Crippen LogP contribution in [-0.2, 0) is 18.9 Å². The summed E-state index contributed by atoms with van der Waals surface area (Å²) in [5.41, 5.74) is 1.67. The van der Waals surface area contributed by atoms with Crippen LogP contribution in [0.15, 0.2) is 31.1 Å². The molecule has 0 aliphatic carbocycles. The third kappa shape index (κ3) is 11.4. The summed E-state index contributed by atoms with van der Waals surface area (Å²) >= 11 is 0. The van der Waals surface area contributed by atoms with Crippen LogP contribution in [0.2, 0.25) is 51.4 Å². The van der Waals surface area contributed by atoms with Gasteiger partial charge >= 0.3 is 12.3 Å². The van der Waals surface area contributed by atoms with E-state index in [0.29, 0.717) is 66.6 Å². The number of aromatic nitrogens is 4. The van der Waals surface area contributed by atoms with Crippen LogP contribution in [-0.4, -0.2) is 109 Å². The third-order valence-electron chi connectivity index (χ3n) is 10.4. The molecule has 5 rings (SSSR count). The molecule has 0 aromatic carbocycles. The van der Waals surface area contributed by atoms with Gasteiger partial charge in [0, 0.05) is 64.7 Å². The Bertz CT molecular complexity index is 1850. The van der Waals surface area contributed by atoms with Crippen molar-refractivity contribution in [2.45, 2.75) is 141 Å². The topological polar surface area (TPSA) is 124 Å². The zero-order valence-electron chi connectivity index (χ0n) is 35.9. The number of aliphatic hydroxyl groups is 1. The molecule has 1 N–H and O–H groups in total. The van der Waals surface area contributed by atoms with Crippen LogP contribution in [0.1, 0.15) is 82.4 Å². The van der Waals surface area contributed by atoms with Gasteiger partial charge in [0.25, 0.3) is 0 Å². The maximum atomic E-state index is 13.5. The van der Waals surface area contributed by atoms with Gasteiger partial charge in [-0.2, -0.15) is 22.8 Å². The number of halogens is 3. The van der Waals surface area contributed by atoms with Gasteiger partial charge < -0.3 is 33.9 Å². The van der Waals surface area contributed by atoms with Gasteiger partial charge in [-0.05, 0) is 71.5 Å². The van der Waals surface area contributed by atoms with Crippen LogP contribution < -0.4 is 4.90 Å². The van der Waals surface area contributed by atoms with E-state index < -0.39 is 39.7 Å². The molecule has 3 aromatic heterocycles. The van der Waals surface area contributed by atoms with Crippen molar-refractivity contribution in [2.24, 2.45) is 0 Å². The molecule has 0 radical (unpaired) electrons. The Morgan fingerprint density at radius 3 is 2.05 bits per heavy atom. The van der Waals surface area contributed by atoms with E-state index in [-0.39, 0.29) is 37.6 Å². The second-order valence-electron chi connectivity index (χ2n) is 18.9. The fourth-order valence-corrected chi connectivity index (χ4v) is 8.99. The Morgan fingerprint density at radius 2 is 1.57 bits per heavy atom. The Balaban J connectivity index is 1.67. The van der Waals surface area contributed by atoms with Crippen molar-refractivity contribution >= 4 is 39.5 Å². The number of hydrogen-bond donors (Lipinski definition) is 1. The summed E-state index contributed by atoms with van der Waals surface area (Å²) in [5, 5.41) is 14.7. The Labute approximate surface area is 343 Å². The van der Waals surface area contributed by atoms with E-state index in [0.717, 1.165) is 30.6 Å². The van der Waals surface area contributed by atoms with Crippen molar-refractivity contribution in [1.82, 2.24) is 24.5 Å². The molecule has 5 heterocycles. The smallest absolute Gasteiger partial charge is 0.420 e. The van der Waals surface area contributed by atoms with Crippen molar-refractivity contribution in [2.75, 3.05) is 38.2 Å². The van der Waals surface area contributed by atoms with E-state index in [9.17, 15) is 23.1 Å². The molecule has 1 unspecified atom stereocenters. The molecule has 12 nitrogen and oxygen atoms in total. The summed E-state index contributed by atoms with van der Waals surface area (Å²) in [5.74, 6) is 0.881. The van der Waals surface area contributed by atoms with Crippen molar-refractivity contribution in [1.29, 1.82) is 0 Å². The maximum absolute atomic E-state index is 13.5. The van der Waals surface area contributed by atoms with Gasteiger partial charge in [-0.1, -0.05) is 51.9 Å². The predicted octanol–water partition coefficient (Wildman–Crippen LogP) is 9.47. The first-order chi connectivity index (χ1) is 27.0. The van der Waals surface area contributed by atoms with Crippen LogP contribution in [0.5, 0.6) is 0 Å². The van der Waals surface area contributed by atoms with E-state index in [4.69, 9.17) is 29.0 Å². The maximum Gasteiger partial charge on any atom is 0.420 e. The van der Waals surface area contributed by atoms with E-state index >= 15 is 0 Å². The Hall–Kier alpha value is -3.52. The van der Waals surface area contributed by atoms with Crippen LogP contribution in [0.3, 0.4) is 0 Å². The van der Waals surface area contributed by atoms with E-state index in [1.54, 1.807) is 10.7 Å². The lowest BCUT2D eigenvalue weighted by atomic mass is 9.85. The van der Waals surface area contributed by atoms with Crippen LogP contribution in [0.4, 0.5) is 23.8 Å². The van der Waals surface area contributed by atoms with Gasteiger partial charge in [0.1, 0.15) is 30.6 Å². The molecule has 17 heteroatoms. The molecular formula is C41H63F3N6O6Si2. The van der Waals surface area contributed by atoms with Gasteiger partial charge in [0.05, 0.1) is 29.8 Å². The van der Waals surface area contributed by atoms with Gasteiger partial charge in [-0.3, -0.25) is 4.98 Å². The normalized spacial score (nSPS) is 19.4. The number of ether oxygens (including phenoxy) is 4. The van der Waals surface area contributed by atoms with Gasteiger partial charge in [0.2, 0.25) is 0 Å². The molecule has 3 aromatic rings. The lowest BCUT2D eigenvalue weighted by Gasteiger charge is -2.40. The standard InChI is InChI=1S/C41H63F3N6O6Si2/c1-12-55-27(2)34-35(29-21-30-14-15-31(22-29)49(30)39(52)56-40(3,4)5)47-37-32(28-13-16-33(45-23-28)36(51)41(42,43)44)24-46-50(37)38(34)48(25-53-17-19-57(6,7)8)26-54-18-20-58(9,10)11/h13,16,23-24,29-31,36,51H,2,12,14-15,17-22,25-26H2,1,3-11H3/t29-,30-,31+,36?. The number of nitrogens with zero attached hydrogens (tertiary/aromatic N) is 6. The summed E-state index contributed by atoms with van der Waals surface area (Å²) in [6.45, 7) is 27.5. The van der Waals surface area contributed by atoms with Gasteiger partial charge in [-0.15, -0.1) is 0 Å². The number of amides is 1. The highest BCUT2D eigenvalue weighted by atomic mass is 28.3. The number of alkyl halides is 3. The van der Waals surface area contributed by atoms with Crippen molar-refractivity contribution < 1.29 is 42.0 Å². The molecule has 2 saturated heterocycles. The fraction of sp³-hybridized carbons (Fsp3) is 0.659. The zero-order chi connectivity index (χ0) is 42.8. The largest absolute Gasteiger partial charge is 0.494 e. The molecule has 58 heavy (non-hydrogen) atoms. The zero-order valence-corrected chi connectivity index (χ0v) is 37.9. The number of rotatable bonds is 17. The monoisotopic (exact) mass is 848 g/mol. The molecular weight excluding hydrogens is 786 g/mol. The average molecular weight is 849 g/mol. The van der Waals surface area contributed by atoms with Crippen molar-refractivity contribution in [3.63, 3.8) is 0 Å². The molecule has 0 spiro atoms. The number of hydrogen-bond acceptors (Lipinski definition) is 10. The second kappa shape index (κ2) is 18.0. The minimum atomic E-state index is -4.86. The van der Waals surface area contributed by atoms with Gasteiger partial charge in [0.15, 0.2) is 11.8 Å². The van der Waals surface area contributed by atoms with Gasteiger partial charge in [-0.25, -0.2) is 9.78 Å². The number of aliphatic hydroxyl groups excluding tert-OH is 1. The summed E-state index contributed by atoms with van der Waals surface area (Å²) in [6.07, 6.45) is -2.07. The summed E-state index contributed by atoms with van der Waals surface area (Å²) in [7, 11) is -2.84. The number of fused-ring (bicyclic) bond motifs is 3. The first-order valence-corrected chi connectivity index (χ1v) is 27.8. The van der Waals surface area contributed by atoms with Crippen molar-refractivity contribution in [3.05, 3.63) is 48.1 Å². The minimum Gasteiger partial charge on any atom is -0.494 e. The number of pyridine rings is 1. The molecule has 4 atom stereocenters. The van der Waals surface area contributed by atoms with E-state index in [1.165, 1.54) is 18.3 Å². The number of carbonyl (C=O) groups excluding carboxylic acids is 1. The Morgan fingerprint density at radius 1 is 0.983 bits per heavy atom. The highest BCUT2D eigenvalue weighted by Crippen LogP contribution is 2.47. The molecule has 2 fully saturated rings. The lowest BCUT2D eigenvalue weighted by molar-refractivity contribution is -0.207. The molecule has 2 aliphatic heterocycles. The molecule has 322 valence electrons. The molecule has 2 bridgehead atoms. The number of piperidine rings is 1. The number of anilines is 1. The first-order valence-electron chi connectivity index (χ1n) is 20.3. The van der Waals surface area contributed by atoms with Crippen LogP contribution >= 0.6 is 0 Å². The quantitative estimate of drug-likeness (QED) is 0.0608. The van der Waals surface area contributed by atoms with Crippen molar-refractivity contribution in [3.8, 4) is 11.1 Å². The highest BCUT2D eigenvalue weighted by Gasteiger charge is 2.47. The predicted molar refractivity (Wildman–Crippen MR) is 225 cm³/mol. The van der Waals surface area contributed by atoms with E-state index in [1.807, 2.05) is 37.5 Å². The lowest BCUT2D eigenvalue weighted by Crippen LogP contribution is -2.48. The summed E-state index contributed by atoms with van der Waals surface area (Å²) < 4.78 is 66.7. The van der Waals surface area contributed by atoms with Crippen LogP contribution in [0.25, 0.3) is 22.5 Å². The summed E-state index contributed by atoms with van der Waals surface area (Å²) in [4.78, 5) is 26.7. The first kappa shape index (κ1) is 45.6. The summed E-state index contributed by atoms with van der Waals surface area (Å²) in [6, 6.07) is 4.44. The molecule has 2 aliphatic rings. The molecule has 0 saturated carbocycles. The third-order valence-corrected chi connectivity index (χ3v) is 13.9.